The minimum atomic E-state index is -0.0741. The molecule has 0 spiro atoms. The lowest BCUT2D eigenvalue weighted by molar-refractivity contribution is 0.0706. The van der Waals surface area contributed by atoms with Crippen LogP contribution in [0.1, 0.15) is 51.5 Å². The van der Waals surface area contributed by atoms with Crippen molar-refractivity contribution in [3.8, 4) is 5.75 Å². The molecule has 1 aliphatic heterocycles. The number of methoxy groups -OCH3 is 2. The average Bonchev–Trinajstić information content (AvgIpc) is 2.81. The first-order valence-corrected chi connectivity index (χ1v) is 10.4. The number of carbonyl (C=O) groups excluding carboxylic acids is 2. The van der Waals surface area contributed by atoms with E-state index in [9.17, 15) is 9.59 Å². The molecular formula is C24H30N2O4. The molecule has 0 unspecified atom stereocenters. The van der Waals surface area contributed by atoms with Crippen molar-refractivity contribution in [3.05, 3.63) is 65.2 Å². The Balaban J connectivity index is 1.64. The highest BCUT2D eigenvalue weighted by Gasteiger charge is 2.26. The van der Waals surface area contributed by atoms with Gasteiger partial charge in [-0.3, -0.25) is 9.59 Å². The molecular weight excluding hydrogens is 380 g/mol. The van der Waals surface area contributed by atoms with Gasteiger partial charge in [0, 0.05) is 50.4 Å². The fourth-order valence-corrected chi connectivity index (χ4v) is 3.80. The first kappa shape index (κ1) is 21.8. The van der Waals surface area contributed by atoms with E-state index < -0.39 is 0 Å². The van der Waals surface area contributed by atoms with Crippen LogP contribution in [-0.2, 0) is 4.74 Å². The number of benzene rings is 2. The Morgan fingerprint density at radius 1 is 1.10 bits per heavy atom. The van der Waals surface area contributed by atoms with Crippen molar-refractivity contribution in [1.82, 2.24) is 10.2 Å². The summed E-state index contributed by atoms with van der Waals surface area (Å²) in [6.45, 7) is 2.62. The number of hydrogen-bond donors (Lipinski definition) is 1. The Labute approximate surface area is 178 Å². The van der Waals surface area contributed by atoms with Crippen LogP contribution in [0.5, 0.6) is 5.75 Å². The zero-order valence-electron chi connectivity index (χ0n) is 17.7. The molecule has 160 valence electrons. The number of piperidine rings is 1. The topological polar surface area (TPSA) is 67.9 Å². The lowest BCUT2D eigenvalue weighted by Gasteiger charge is -2.33. The SMILES string of the molecule is COCCCNC(=O)c1cccc([C@H]2CCCN(C(=O)c3ccc(OC)cc3)C2)c1. The van der Waals surface area contributed by atoms with Crippen molar-refractivity contribution in [3.63, 3.8) is 0 Å². The molecule has 2 aromatic rings. The number of ether oxygens (including phenoxy) is 2. The summed E-state index contributed by atoms with van der Waals surface area (Å²) in [5, 5.41) is 2.93. The smallest absolute Gasteiger partial charge is 0.253 e. The normalized spacial score (nSPS) is 16.2. The van der Waals surface area contributed by atoms with Crippen LogP contribution >= 0.6 is 0 Å². The van der Waals surface area contributed by atoms with Gasteiger partial charge in [-0.05, 0) is 61.2 Å². The minimum Gasteiger partial charge on any atom is -0.497 e. The van der Waals surface area contributed by atoms with E-state index >= 15 is 0 Å². The molecule has 1 saturated heterocycles. The second kappa shape index (κ2) is 10.8. The molecule has 0 aliphatic carbocycles. The van der Waals surface area contributed by atoms with Gasteiger partial charge in [-0.1, -0.05) is 12.1 Å². The van der Waals surface area contributed by atoms with Gasteiger partial charge in [0.05, 0.1) is 7.11 Å². The van der Waals surface area contributed by atoms with Gasteiger partial charge in [0.25, 0.3) is 11.8 Å². The van der Waals surface area contributed by atoms with Crippen LogP contribution in [0.3, 0.4) is 0 Å². The van der Waals surface area contributed by atoms with E-state index in [2.05, 4.69) is 5.32 Å². The highest BCUT2D eigenvalue weighted by atomic mass is 16.5. The molecule has 2 amide bonds. The molecule has 30 heavy (non-hydrogen) atoms. The minimum absolute atomic E-state index is 0.0365. The molecule has 1 heterocycles. The van der Waals surface area contributed by atoms with Crippen molar-refractivity contribution in [1.29, 1.82) is 0 Å². The Morgan fingerprint density at radius 3 is 2.63 bits per heavy atom. The van der Waals surface area contributed by atoms with Crippen LogP contribution in [0, 0.1) is 0 Å². The van der Waals surface area contributed by atoms with Crippen LogP contribution < -0.4 is 10.1 Å². The van der Waals surface area contributed by atoms with Crippen LogP contribution in [0.4, 0.5) is 0 Å². The summed E-state index contributed by atoms with van der Waals surface area (Å²) in [5.74, 6) is 0.923. The maximum atomic E-state index is 12.9. The van der Waals surface area contributed by atoms with Gasteiger partial charge < -0.3 is 19.7 Å². The highest BCUT2D eigenvalue weighted by molar-refractivity contribution is 5.95. The predicted molar refractivity (Wildman–Crippen MR) is 116 cm³/mol. The van der Waals surface area contributed by atoms with Crippen molar-refractivity contribution < 1.29 is 19.1 Å². The van der Waals surface area contributed by atoms with E-state index in [1.807, 2.05) is 41.3 Å². The van der Waals surface area contributed by atoms with E-state index in [0.717, 1.165) is 37.1 Å². The summed E-state index contributed by atoms with van der Waals surface area (Å²) in [6, 6.07) is 15.0. The molecule has 1 aliphatic rings. The van der Waals surface area contributed by atoms with Gasteiger partial charge in [0.15, 0.2) is 0 Å². The lowest BCUT2D eigenvalue weighted by atomic mass is 9.89. The van der Waals surface area contributed by atoms with Gasteiger partial charge in [-0.25, -0.2) is 0 Å². The molecule has 0 radical (unpaired) electrons. The van der Waals surface area contributed by atoms with Gasteiger partial charge in [0.2, 0.25) is 0 Å². The Kier molecular flexibility index (Phi) is 7.85. The first-order chi connectivity index (χ1) is 14.6. The van der Waals surface area contributed by atoms with Gasteiger partial charge >= 0.3 is 0 Å². The van der Waals surface area contributed by atoms with E-state index in [1.165, 1.54) is 0 Å². The molecule has 1 atom stereocenters. The Hall–Kier alpha value is -2.86. The third-order valence-electron chi connectivity index (χ3n) is 5.48. The van der Waals surface area contributed by atoms with Crippen molar-refractivity contribution in [2.75, 3.05) is 40.5 Å². The number of likely N-dealkylation sites (tertiary alicyclic amines) is 1. The largest absolute Gasteiger partial charge is 0.497 e. The third kappa shape index (κ3) is 5.60. The molecule has 6 nitrogen and oxygen atoms in total. The number of carbonyl (C=O) groups is 2. The standard InChI is InChI=1S/C24H30N2O4/c1-29-15-5-13-25-23(27)20-7-3-6-19(16-20)21-8-4-14-26(17-21)24(28)18-9-11-22(30-2)12-10-18/h3,6-7,9-12,16,21H,4-5,8,13-15,17H2,1-2H3,(H,25,27)/t21-/m0/s1. The number of nitrogens with one attached hydrogen (secondary N) is 1. The monoisotopic (exact) mass is 410 g/mol. The van der Waals surface area contributed by atoms with Gasteiger partial charge in [-0.15, -0.1) is 0 Å². The molecule has 0 saturated carbocycles. The lowest BCUT2D eigenvalue weighted by Crippen LogP contribution is -2.39. The summed E-state index contributed by atoms with van der Waals surface area (Å²) >= 11 is 0. The molecule has 0 aromatic heterocycles. The fraction of sp³-hybridized carbons (Fsp3) is 0.417. The maximum Gasteiger partial charge on any atom is 0.253 e. The quantitative estimate of drug-likeness (QED) is 0.677. The Bertz CT molecular complexity index is 851. The fourth-order valence-electron chi connectivity index (χ4n) is 3.80. The molecule has 3 rings (SSSR count). The Morgan fingerprint density at radius 2 is 1.90 bits per heavy atom. The summed E-state index contributed by atoms with van der Waals surface area (Å²) in [7, 11) is 3.26. The van der Waals surface area contributed by atoms with Crippen LogP contribution in [0.2, 0.25) is 0 Å². The van der Waals surface area contributed by atoms with E-state index in [0.29, 0.717) is 30.8 Å². The number of rotatable bonds is 8. The molecule has 6 heteroatoms. The first-order valence-electron chi connectivity index (χ1n) is 10.4. The predicted octanol–water partition coefficient (Wildman–Crippen LogP) is 3.48. The summed E-state index contributed by atoms with van der Waals surface area (Å²) < 4.78 is 10.2. The van der Waals surface area contributed by atoms with E-state index in [4.69, 9.17) is 9.47 Å². The zero-order valence-corrected chi connectivity index (χ0v) is 17.7. The summed E-state index contributed by atoms with van der Waals surface area (Å²) in [4.78, 5) is 27.3. The van der Waals surface area contributed by atoms with Crippen LogP contribution in [0.25, 0.3) is 0 Å². The number of amides is 2. The van der Waals surface area contributed by atoms with Gasteiger partial charge in [0.1, 0.15) is 5.75 Å². The molecule has 0 bridgehead atoms. The highest BCUT2D eigenvalue weighted by Crippen LogP contribution is 2.28. The zero-order chi connectivity index (χ0) is 21.3. The van der Waals surface area contributed by atoms with Gasteiger partial charge in [-0.2, -0.15) is 0 Å². The molecule has 1 fully saturated rings. The number of hydrogen-bond acceptors (Lipinski definition) is 4. The second-order valence-corrected chi connectivity index (χ2v) is 7.55. The van der Waals surface area contributed by atoms with Crippen LogP contribution in [0.15, 0.2) is 48.5 Å². The summed E-state index contributed by atoms with van der Waals surface area (Å²) in [5.41, 5.74) is 2.43. The van der Waals surface area contributed by atoms with Crippen LogP contribution in [-0.4, -0.2) is 57.2 Å². The maximum absolute atomic E-state index is 12.9. The number of nitrogens with zero attached hydrogens (tertiary/aromatic N) is 1. The third-order valence-corrected chi connectivity index (χ3v) is 5.48. The van der Waals surface area contributed by atoms with E-state index in [1.54, 1.807) is 26.4 Å². The average molecular weight is 411 g/mol. The van der Waals surface area contributed by atoms with Crippen molar-refractivity contribution in [2.24, 2.45) is 0 Å². The van der Waals surface area contributed by atoms with Crippen molar-refractivity contribution >= 4 is 11.8 Å². The van der Waals surface area contributed by atoms with E-state index in [-0.39, 0.29) is 17.7 Å². The van der Waals surface area contributed by atoms with Crippen molar-refractivity contribution in [2.45, 2.75) is 25.2 Å². The second-order valence-electron chi connectivity index (χ2n) is 7.55. The molecule has 2 aromatic carbocycles. The summed E-state index contributed by atoms with van der Waals surface area (Å²) in [6.07, 6.45) is 2.73. The molecule has 1 N–H and O–H groups in total.